The van der Waals surface area contributed by atoms with Gasteiger partial charge in [-0.25, -0.2) is 14.5 Å². The summed E-state index contributed by atoms with van der Waals surface area (Å²) < 4.78 is 39.7. The number of rotatable bonds is 6. The van der Waals surface area contributed by atoms with Crippen LogP contribution in [-0.4, -0.2) is 53.8 Å². The molecule has 3 aromatic heterocycles. The van der Waals surface area contributed by atoms with E-state index in [9.17, 15) is 22.8 Å². The van der Waals surface area contributed by atoms with Crippen molar-refractivity contribution < 1.29 is 22.8 Å². The fourth-order valence-electron chi connectivity index (χ4n) is 3.42. The van der Waals surface area contributed by atoms with Crippen LogP contribution in [-0.2, 0) is 12.7 Å². The maximum Gasteiger partial charge on any atom is 0.455 e. The normalized spacial score (nSPS) is 11.2. The van der Waals surface area contributed by atoms with Gasteiger partial charge in [0.2, 0.25) is 0 Å². The molecule has 0 aliphatic carbocycles. The molecule has 4 rings (SSSR count). The predicted molar refractivity (Wildman–Crippen MR) is 127 cm³/mol. The van der Waals surface area contributed by atoms with Gasteiger partial charge >= 0.3 is 6.18 Å². The van der Waals surface area contributed by atoms with Gasteiger partial charge in [0.25, 0.3) is 17.6 Å². The Morgan fingerprint density at radius 2 is 1.95 bits per heavy atom. The highest BCUT2D eigenvalue weighted by molar-refractivity contribution is 6.32. The van der Waals surface area contributed by atoms with Gasteiger partial charge in [-0.15, -0.1) is 10.2 Å². The zero-order valence-corrected chi connectivity index (χ0v) is 20.3. The van der Waals surface area contributed by atoms with Crippen molar-refractivity contribution in [3.8, 4) is 5.82 Å². The number of tetrazole rings is 1. The van der Waals surface area contributed by atoms with E-state index in [4.69, 9.17) is 18.2 Å². The number of aryl methyl sites for hydroxylation is 1. The Morgan fingerprint density at radius 1 is 1.18 bits per heavy atom. The summed E-state index contributed by atoms with van der Waals surface area (Å²) in [6.45, 7) is 8.51. The Balaban J connectivity index is 1.76. The molecule has 0 atom stereocenters. The van der Waals surface area contributed by atoms with Crippen LogP contribution in [0.2, 0.25) is 5.02 Å². The zero-order valence-electron chi connectivity index (χ0n) is 19.6. The lowest BCUT2D eigenvalue weighted by atomic mass is 10.1. The highest BCUT2D eigenvalue weighted by Crippen LogP contribution is 2.29. The second-order valence-corrected chi connectivity index (χ2v) is 8.12. The smallest absolute Gasteiger partial charge is 0.355 e. The van der Waals surface area contributed by atoms with E-state index in [0.29, 0.717) is 10.4 Å². The van der Waals surface area contributed by atoms with Gasteiger partial charge < -0.3 is 10.6 Å². The Bertz CT molecular complexity index is 1590. The van der Waals surface area contributed by atoms with Crippen LogP contribution in [0.4, 0.5) is 24.5 Å². The monoisotopic (exact) mass is 544 g/mol. The van der Waals surface area contributed by atoms with Gasteiger partial charge in [-0.1, -0.05) is 17.7 Å². The number of anilines is 1. The third kappa shape index (κ3) is 5.30. The number of carbonyl (C=O) groups is 2. The minimum atomic E-state index is -4.78. The number of alkyl halides is 3. The molecule has 4 aromatic rings. The van der Waals surface area contributed by atoms with Gasteiger partial charge in [-0.05, 0) is 42.0 Å². The second-order valence-electron chi connectivity index (χ2n) is 7.71. The van der Waals surface area contributed by atoms with Crippen molar-refractivity contribution in [3.63, 3.8) is 0 Å². The van der Waals surface area contributed by atoms with E-state index in [1.165, 1.54) is 37.5 Å². The molecule has 12 nitrogen and oxygen atoms in total. The first-order valence-electron chi connectivity index (χ1n) is 10.6. The fourth-order valence-corrected chi connectivity index (χ4v) is 3.62. The molecule has 194 valence electrons. The molecule has 0 aliphatic rings. The van der Waals surface area contributed by atoms with Gasteiger partial charge in [0.1, 0.15) is 12.2 Å². The molecule has 0 spiro atoms. The molecule has 0 saturated carbocycles. The van der Waals surface area contributed by atoms with Crippen molar-refractivity contribution in [3.05, 3.63) is 81.3 Å². The van der Waals surface area contributed by atoms with Gasteiger partial charge in [-0.2, -0.15) is 23.1 Å². The third-order valence-corrected chi connectivity index (χ3v) is 5.40. The number of nitrogens with one attached hydrogen (secondary N) is 2. The van der Waals surface area contributed by atoms with Crippen molar-refractivity contribution >= 4 is 34.8 Å². The maximum atomic E-state index is 13.5. The molecule has 2 N–H and O–H groups in total. The van der Waals surface area contributed by atoms with Crippen LogP contribution in [0.3, 0.4) is 0 Å². The standard InChI is InChI=1S/C22H16ClF3N10O2/c1-11-7-12(27-2)8-14(19(37)28-3)17(11)30-20(38)16-9-13(10-35-33-21(31-34-35)22(24,25)26)32-36(16)18-15(23)5-4-6-29-18/h4-9H,10H2,1,3H3,(H,28,37)(H,30,38). The molecule has 3 heterocycles. The predicted octanol–water partition coefficient (Wildman–Crippen LogP) is 3.45. The van der Waals surface area contributed by atoms with Crippen LogP contribution in [0.5, 0.6) is 0 Å². The van der Waals surface area contributed by atoms with Crippen molar-refractivity contribution in [1.82, 2.24) is 40.3 Å². The van der Waals surface area contributed by atoms with E-state index in [1.807, 2.05) is 0 Å². The summed E-state index contributed by atoms with van der Waals surface area (Å²) in [5, 5.41) is 19.2. The quantitative estimate of drug-likeness (QED) is 0.355. The minimum absolute atomic E-state index is 0.0560. The molecule has 0 bridgehead atoms. The lowest BCUT2D eigenvalue weighted by Gasteiger charge is -2.15. The van der Waals surface area contributed by atoms with Gasteiger partial charge in [0, 0.05) is 13.2 Å². The highest BCUT2D eigenvalue weighted by atomic mass is 35.5. The van der Waals surface area contributed by atoms with Crippen LogP contribution < -0.4 is 10.6 Å². The number of pyridine rings is 1. The molecule has 1 aromatic carbocycles. The highest BCUT2D eigenvalue weighted by Gasteiger charge is 2.37. The number of halogens is 4. The van der Waals surface area contributed by atoms with Crippen molar-refractivity contribution in [2.45, 2.75) is 19.6 Å². The summed E-state index contributed by atoms with van der Waals surface area (Å²) in [4.78, 5) is 34.1. The van der Waals surface area contributed by atoms with Gasteiger partial charge in [0.15, 0.2) is 11.5 Å². The maximum absolute atomic E-state index is 13.5. The van der Waals surface area contributed by atoms with Crippen LogP contribution >= 0.6 is 11.6 Å². The Morgan fingerprint density at radius 3 is 2.58 bits per heavy atom. The lowest BCUT2D eigenvalue weighted by Crippen LogP contribution is -2.23. The first kappa shape index (κ1) is 26.2. The van der Waals surface area contributed by atoms with E-state index in [-0.39, 0.29) is 45.7 Å². The van der Waals surface area contributed by atoms with Crippen molar-refractivity contribution in [1.29, 1.82) is 0 Å². The van der Waals surface area contributed by atoms with Crippen molar-refractivity contribution in [2.24, 2.45) is 0 Å². The fraction of sp³-hybridized carbons (Fsp3) is 0.182. The van der Waals surface area contributed by atoms with Crippen LogP contribution in [0.1, 0.15) is 37.9 Å². The Kier molecular flexibility index (Phi) is 7.08. The molecular weight excluding hydrogens is 529 g/mol. The molecule has 38 heavy (non-hydrogen) atoms. The molecule has 0 radical (unpaired) electrons. The number of carbonyl (C=O) groups excluding carboxylic acids is 2. The van der Waals surface area contributed by atoms with E-state index >= 15 is 0 Å². The topological polar surface area (TPSA) is 137 Å². The van der Waals surface area contributed by atoms with Crippen LogP contribution in [0, 0.1) is 13.5 Å². The average Bonchev–Trinajstić information content (AvgIpc) is 3.52. The summed E-state index contributed by atoms with van der Waals surface area (Å²) in [7, 11) is 1.40. The number of aromatic nitrogens is 7. The zero-order chi connectivity index (χ0) is 27.6. The number of hydrogen-bond acceptors (Lipinski definition) is 7. The summed E-state index contributed by atoms with van der Waals surface area (Å²) in [5.74, 6) is -2.63. The SMILES string of the molecule is [C-]#[N+]c1cc(C)c(NC(=O)c2cc(Cn3nnc(C(F)(F)F)n3)nn2-c2ncccc2Cl)c(C(=O)NC)c1. The average molecular weight is 545 g/mol. The molecule has 0 unspecified atom stereocenters. The molecule has 2 amide bonds. The molecule has 0 saturated heterocycles. The number of hydrogen-bond donors (Lipinski definition) is 2. The number of nitrogens with zero attached hydrogens (tertiary/aromatic N) is 8. The van der Waals surface area contributed by atoms with Crippen LogP contribution in [0.15, 0.2) is 36.5 Å². The van der Waals surface area contributed by atoms with E-state index < -0.39 is 23.8 Å². The summed E-state index contributed by atoms with van der Waals surface area (Å²) >= 11 is 6.26. The lowest BCUT2D eigenvalue weighted by molar-refractivity contribution is -0.145. The number of benzene rings is 1. The second kappa shape index (κ2) is 10.3. The van der Waals surface area contributed by atoms with Gasteiger partial charge in [0.05, 0.1) is 28.5 Å². The molecule has 0 aliphatic heterocycles. The molecule has 0 fully saturated rings. The van der Waals surface area contributed by atoms with Gasteiger partial charge in [-0.3, -0.25) is 9.59 Å². The first-order chi connectivity index (χ1) is 18.0. The summed E-state index contributed by atoms with van der Waals surface area (Å²) in [5.41, 5.74) is 0.837. The van der Waals surface area contributed by atoms with E-state index in [2.05, 4.69) is 41.0 Å². The largest absolute Gasteiger partial charge is 0.455 e. The van der Waals surface area contributed by atoms with Crippen LogP contribution in [0.25, 0.3) is 10.7 Å². The molecule has 16 heteroatoms. The van der Waals surface area contributed by atoms with Crippen molar-refractivity contribution in [2.75, 3.05) is 12.4 Å². The summed E-state index contributed by atoms with van der Waals surface area (Å²) in [6.07, 6.45) is -3.37. The van der Waals surface area contributed by atoms with E-state index in [0.717, 1.165) is 4.68 Å². The minimum Gasteiger partial charge on any atom is -0.355 e. The summed E-state index contributed by atoms with van der Waals surface area (Å²) in [6, 6.07) is 7.20. The number of amides is 2. The first-order valence-corrected chi connectivity index (χ1v) is 11.0. The third-order valence-electron chi connectivity index (χ3n) is 5.10. The Labute approximate surface area is 217 Å². The Hall–Kier alpha value is -4.84. The molecular formula is C22H16ClF3N10O2. The van der Waals surface area contributed by atoms with E-state index in [1.54, 1.807) is 13.0 Å².